The summed E-state index contributed by atoms with van der Waals surface area (Å²) in [4.78, 5) is 20.9. The fourth-order valence-electron chi connectivity index (χ4n) is 2.85. The molecular formula is C23H14Cl2N2O. The SMILES string of the molecule is O=C(/C=C/c1cc2ccccc2nc1Cl)/C=C/c1cc2ccccc2nc1Cl. The summed E-state index contributed by atoms with van der Waals surface area (Å²) in [7, 11) is 0. The average Bonchev–Trinajstić information content (AvgIpc) is 2.70. The molecule has 0 aliphatic carbocycles. The molecule has 4 aromatic rings. The van der Waals surface area contributed by atoms with Gasteiger partial charge in [0.2, 0.25) is 0 Å². The molecule has 4 rings (SSSR count). The van der Waals surface area contributed by atoms with Gasteiger partial charge in [0.1, 0.15) is 10.3 Å². The minimum atomic E-state index is -0.187. The number of fused-ring (bicyclic) bond motifs is 2. The Balaban J connectivity index is 1.56. The third-order valence-electron chi connectivity index (χ3n) is 4.26. The van der Waals surface area contributed by atoms with E-state index in [0.717, 1.165) is 21.8 Å². The summed E-state index contributed by atoms with van der Waals surface area (Å²) in [5.74, 6) is -0.187. The van der Waals surface area contributed by atoms with E-state index in [9.17, 15) is 4.79 Å². The minimum absolute atomic E-state index is 0.187. The predicted octanol–water partition coefficient (Wildman–Crippen LogP) is 6.39. The van der Waals surface area contributed by atoms with E-state index in [1.165, 1.54) is 12.2 Å². The number of halogens is 2. The second-order valence-corrected chi connectivity index (χ2v) is 6.91. The summed E-state index contributed by atoms with van der Waals surface area (Å²) in [5.41, 5.74) is 3.00. The minimum Gasteiger partial charge on any atom is -0.290 e. The fourth-order valence-corrected chi connectivity index (χ4v) is 3.27. The first-order chi connectivity index (χ1) is 13.6. The molecule has 0 unspecified atom stereocenters. The molecular weight excluding hydrogens is 391 g/mol. The van der Waals surface area contributed by atoms with Crippen LogP contribution >= 0.6 is 23.2 Å². The third kappa shape index (κ3) is 3.96. The van der Waals surface area contributed by atoms with Crippen LogP contribution in [0.25, 0.3) is 34.0 Å². The van der Waals surface area contributed by atoms with Gasteiger partial charge in [-0.1, -0.05) is 59.6 Å². The highest BCUT2D eigenvalue weighted by Gasteiger charge is 2.04. The quantitative estimate of drug-likeness (QED) is 0.292. The van der Waals surface area contributed by atoms with E-state index in [1.54, 1.807) is 12.2 Å². The molecule has 0 saturated heterocycles. The molecule has 3 nitrogen and oxygen atoms in total. The number of para-hydroxylation sites is 2. The highest BCUT2D eigenvalue weighted by Crippen LogP contribution is 2.23. The second kappa shape index (κ2) is 7.93. The van der Waals surface area contributed by atoms with Crippen molar-refractivity contribution in [3.63, 3.8) is 0 Å². The number of hydrogen-bond donors (Lipinski definition) is 0. The van der Waals surface area contributed by atoms with Crippen LogP contribution < -0.4 is 0 Å². The van der Waals surface area contributed by atoms with Crippen molar-refractivity contribution in [2.24, 2.45) is 0 Å². The van der Waals surface area contributed by atoms with Crippen LogP contribution in [0, 0.1) is 0 Å². The van der Waals surface area contributed by atoms with E-state index in [4.69, 9.17) is 23.2 Å². The lowest BCUT2D eigenvalue weighted by Crippen LogP contribution is -1.89. The van der Waals surface area contributed by atoms with E-state index >= 15 is 0 Å². The number of carbonyl (C=O) groups excluding carboxylic acids is 1. The van der Waals surface area contributed by atoms with Gasteiger partial charge >= 0.3 is 0 Å². The molecule has 2 heterocycles. The third-order valence-corrected chi connectivity index (χ3v) is 4.87. The maximum absolute atomic E-state index is 12.2. The molecule has 0 fully saturated rings. The Labute approximate surface area is 172 Å². The van der Waals surface area contributed by atoms with Gasteiger partial charge in [0.15, 0.2) is 5.78 Å². The molecule has 0 N–H and O–H groups in total. The monoisotopic (exact) mass is 404 g/mol. The molecule has 5 heteroatoms. The van der Waals surface area contributed by atoms with Crippen LogP contribution in [0.15, 0.2) is 72.8 Å². The number of carbonyl (C=O) groups is 1. The van der Waals surface area contributed by atoms with Crippen LogP contribution in [-0.4, -0.2) is 15.8 Å². The molecule has 2 aromatic carbocycles. The van der Waals surface area contributed by atoms with E-state index in [0.29, 0.717) is 21.4 Å². The van der Waals surface area contributed by atoms with Crippen molar-refractivity contribution >= 4 is 62.9 Å². The number of pyridine rings is 2. The Morgan fingerprint density at radius 3 is 1.61 bits per heavy atom. The van der Waals surface area contributed by atoms with Crippen molar-refractivity contribution < 1.29 is 4.79 Å². The van der Waals surface area contributed by atoms with Gasteiger partial charge in [-0.3, -0.25) is 4.79 Å². The first kappa shape index (κ1) is 18.4. The zero-order chi connectivity index (χ0) is 19.5. The van der Waals surface area contributed by atoms with Gasteiger partial charge < -0.3 is 0 Å². The number of ketones is 1. The average molecular weight is 405 g/mol. The van der Waals surface area contributed by atoms with E-state index in [-0.39, 0.29) is 5.78 Å². The summed E-state index contributed by atoms with van der Waals surface area (Å²) in [6, 6.07) is 19.2. The van der Waals surface area contributed by atoms with Crippen molar-refractivity contribution in [3.05, 3.63) is 94.2 Å². The van der Waals surface area contributed by atoms with Crippen LogP contribution in [0.1, 0.15) is 11.1 Å². The Hall–Kier alpha value is -3.01. The van der Waals surface area contributed by atoms with Crippen molar-refractivity contribution in [2.45, 2.75) is 0 Å². The van der Waals surface area contributed by atoms with E-state index < -0.39 is 0 Å². The number of benzene rings is 2. The Bertz CT molecular complexity index is 1160. The molecule has 0 saturated carbocycles. The van der Waals surface area contributed by atoms with Gasteiger partial charge in [-0.15, -0.1) is 0 Å². The summed E-state index contributed by atoms with van der Waals surface area (Å²) in [5, 5.41) is 2.63. The lowest BCUT2D eigenvalue weighted by molar-refractivity contribution is -0.110. The van der Waals surface area contributed by atoms with E-state index in [1.807, 2.05) is 60.7 Å². The van der Waals surface area contributed by atoms with Crippen LogP contribution in [0.4, 0.5) is 0 Å². The molecule has 0 aliphatic heterocycles. The van der Waals surface area contributed by atoms with Crippen molar-refractivity contribution in [1.29, 1.82) is 0 Å². The second-order valence-electron chi connectivity index (χ2n) is 6.19. The lowest BCUT2D eigenvalue weighted by Gasteiger charge is -2.02. The van der Waals surface area contributed by atoms with Gasteiger partial charge in [0, 0.05) is 21.9 Å². The number of aromatic nitrogens is 2. The van der Waals surface area contributed by atoms with Crippen LogP contribution in [0.2, 0.25) is 10.3 Å². The zero-order valence-electron chi connectivity index (χ0n) is 14.6. The summed E-state index contributed by atoms with van der Waals surface area (Å²) in [6.07, 6.45) is 6.23. The summed E-state index contributed by atoms with van der Waals surface area (Å²) >= 11 is 12.4. The van der Waals surface area contributed by atoms with Gasteiger partial charge in [0.25, 0.3) is 0 Å². The van der Waals surface area contributed by atoms with Gasteiger partial charge in [-0.2, -0.15) is 0 Å². The molecule has 0 aliphatic rings. The maximum atomic E-state index is 12.2. The van der Waals surface area contributed by atoms with Crippen molar-refractivity contribution in [3.8, 4) is 0 Å². The van der Waals surface area contributed by atoms with Gasteiger partial charge in [0.05, 0.1) is 11.0 Å². The van der Waals surface area contributed by atoms with E-state index in [2.05, 4.69) is 9.97 Å². The molecule has 2 aromatic heterocycles. The topological polar surface area (TPSA) is 42.9 Å². The number of allylic oxidation sites excluding steroid dienone is 2. The Kier molecular flexibility index (Phi) is 5.20. The Morgan fingerprint density at radius 1 is 0.714 bits per heavy atom. The van der Waals surface area contributed by atoms with Crippen LogP contribution in [0.5, 0.6) is 0 Å². The molecule has 0 amide bonds. The summed E-state index contributed by atoms with van der Waals surface area (Å²) in [6.45, 7) is 0. The van der Waals surface area contributed by atoms with Gasteiger partial charge in [-0.25, -0.2) is 9.97 Å². The number of hydrogen-bond acceptors (Lipinski definition) is 3. The number of nitrogens with zero attached hydrogens (tertiary/aromatic N) is 2. The fraction of sp³-hybridized carbons (Fsp3) is 0. The lowest BCUT2D eigenvalue weighted by atomic mass is 10.1. The van der Waals surface area contributed by atoms with Crippen molar-refractivity contribution in [2.75, 3.05) is 0 Å². The highest BCUT2D eigenvalue weighted by molar-refractivity contribution is 6.32. The maximum Gasteiger partial charge on any atom is 0.178 e. The number of rotatable bonds is 4. The molecule has 0 radical (unpaired) electrons. The molecule has 136 valence electrons. The van der Waals surface area contributed by atoms with Crippen LogP contribution in [0.3, 0.4) is 0 Å². The normalized spacial score (nSPS) is 11.8. The van der Waals surface area contributed by atoms with Crippen molar-refractivity contribution in [1.82, 2.24) is 9.97 Å². The van der Waals surface area contributed by atoms with Gasteiger partial charge in [-0.05, 0) is 48.6 Å². The molecule has 0 atom stereocenters. The summed E-state index contributed by atoms with van der Waals surface area (Å²) < 4.78 is 0. The Morgan fingerprint density at radius 2 is 1.14 bits per heavy atom. The molecule has 0 spiro atoms. The largest absolute Gasteiger partial charge is 0.290 e. The predicted molar refractivity (Wildman–Crippen MR) is 117 cm³/mol. The first-order valence-electron chi connectivity index (χ1n) is 8.61. The van der Waals surface area contributed by atoms with Crippen LogP contribution in [-0.2, 0) is 4.79 Å². The first-order valence-corrected chi connectivity index (χ1v) is 9.36. The standard InChI is InChI=1S/C23H14Cl2N2O/c24-22-17(13-15-5-1-3-7-20(15)26-22)9-11-19(28)12-10-18-14-16-6-2-4-8-21(16)27-23(18)25/h1-14H/b11-9+,12-10+. The molecule has 28 heavy (non-hydrogen) atoms. The smallest absolute Gasteiger partial charge is 0.178 e. The highest BCUT2D eigenvalue weighted by atomic mass is 35.5. The zero-order valence-corrected chi connectivity index (χ0v) is 16.2. The molecule has 0 bridgehead atoms.